The van der Waals surface area contributed by atoms with Crippen molar-refractivity contribution >= 4 is 23.2 Å². The molecule has 0 spiro atoms. The van der Waals surface area contributed by atoms with Crippen LogP contribution in [-0.2, 0) is 16.0 Å². The first-order chi connectivity index (χ1) is 8.40. The number of aromatic nitrogens is 1. The number of likely N-dealkylation sites (tertiary alicyclic amines) is 1. The highest BCUT2D eigenvalue weighted by Crippen LogP contribution is 2.30. The van der Waals surface area contributed by atoms with Gasteiger partial charge < -0.3 is 10.0 Å². The number of carbonyl (C=O) groups is 2. The molecule has 6 heteroatoms. The van der Waals surface area contributed by atoms with Gasteiger partial charge >= 0.3 is 5.97 Å². The number of nitrogens with zero attached hydrogens (tertiary/aromatic N) is 2. The van der Waals surface area contributed by atoms with Gasteiger partial charge in [-0.15, -0.1) is 11.3 Å². The van der Waals surface area contributed by atoms with Gasteiger partial charge in [-0.25, -0.2) is 4.98 Å². The Balaban J connectivity index is 1.98. The molecule has 18 heavy (non-hydrogen) atoms. The summed E-state index contributed by atoms with van der Waals surface area (Å²) in [5, 5.41) is 11.9. The summed E-state index contributed by atoms with van der Waals surface area (Å²) in [4.78, 5) is 29.0. The third kappa shape index (κ3) is 2.53. The number of rotatable bonds is 3. The highest BCUT2D eigenvalue weighted by atomic mass is 32.1. The van der Waals surface area contributed by atoms with Crippen molar-refractivity contribution in [2.45, 2.75) is 26.7 Å². The molecular weight excluding hydrogens is 252 g/mol. The van der Waals surface area contributed by atoms with Gasteiger partial charge in [0.05, 0.1) is 22.5 Å². The predicted octanol–water partition coefficient (Wildman–Crippen LogP) is 1.32. The number of thiazole rings is 1. The Morgan fingerprint density at radius 2 is 2.33 bits per heavy atom. The van der Waals surface area contributed by atoms with Gasteiger partial charge in [-0.2, -0.15) is 0 Å². The van der Waals surface area contributed by atoms with Gasteiger partial charge in [-0.3, -0.25) is 9.59 Å². The Labute approximate surface area is 109 Å². The summed E-state index contributed by atoms with van der Waals surface area (Å²) in [7, 11) is 0. The third-order valence-corrected chi connectivity index (χ3v) is 4.16. The molecule has 0 aromatic carbocycles. The molecule has 5 nitrogen and oxygen atoms in total. The number of amides is 1. The van der Waals surface area contributed by atoms with E-state index in [2.05, 4.69) is 4.98 Å². The Morgan fingerprint density at radius 3 is 2.83 bits per heavy atom. The Kier molecular flexibility index (Phi) is 3.38. The largest absolute Gasteiger partial charge is 0.481 e. The molecule has 0 saturated carbocycles. The highest BCUT2D eigenvalue weighted by molar-refractivity contribution is 7.09. The molecule has 1 aromatic heterocycles. The first-order valence-electron chi connectivity index (χ1n) is 5.83. The van der Waals surface area contributed by atoms with Crippen LogP contribution < -0.4 is 0 Å². The number of aryl methyl sites for hydroxylation is 1. The second kappa shape index (κ2) is 4.68. The molecule has 0 aliphatic carbocycles. The van der Waals surface area contributed by atoms with Crippen molar-refractivity contribution in [2.24, 2.45) is 5.41 Å². The Morgan fingerprint density at radius 1 is 1.61 bits per heavy atom. The lowest BCUT2D eigenvalue weighted by Gasteiger charge is -2.19. The third-order valence-electron chi connectivity index (χ3n) is 3.34. The van der Waals surface area contributed by atoms with E-state index in [4.69, 9.17) is 5.11 Å². The van der Waals surface area contributed by atoms with Crippen LogP contribution in [0.25, 0.3) is 0 Å². The van der Waals surface area contributed by atoms with Gasteiger partial charge in [0.2, 0.25) is 5.91 Å². The van der Waals surface area contributed by atoms with Gasteiger partial charge in [0.15, 0.2) is 0 Å². The minimum atomic E-state index is -0.831. The van der Waals surface area contributed by atoms with Crippen LogP contribution >= 0.6 is 11.3 Å². The molecule has 1 N–H and O–H groups in total. The van der Waals surface area contributed by atoms with Gasteiger partial charge in [0.25, 0.3) is 0 Å². The zero-order valence-corrected chi connectivity index (χ0v) is 11.3. The smallest absolute Gasteiger partial charge is 0.311 e. The zero-order chi connectivity index (χ0) is 13.3. The number of aliphatic carboxylic acids is 1. The summed E-state index contributed by atoms with van der Waals surface area (Å²) >= 11 is 1.52. The van der Waals surface area contributed by atoms with E-state index >= 15 is 0 Å². The van der Waals surface area contributed by atoms with Crippen molar-refractivity contribution in [1.29, 1.82) is 0 Å². The van der Waals surface area contributed by atoms with Crippen molar-refractivity contribution in [3.8, 4) is 0 Å². The molecule has 2 rings (SSSR count). The average Bonchev–Trinajstić information content (AvgIpc) is 2.86. The molecule has 0 radical (unpaired) electrons. The molecule has 1 fully saturated rings. The lowest BCUT2D eigenvalue weighted by molar-refractivity contribution is -0.147. The number of hydrogen-bond acceptors (Lipinski definition) is 4. The number of hydrogen-bond donors (Lipinski definition) is 1. The van der Waals surface area contributed by atoms with Crippen LogP contribution in [0.1, 0.15) is 24.0 Å². The summed E-state index contributed by atoms with van der Waals surface area (Å²) in [6.45, 7) is 4.40. The van der Waals surface area contributed by atoms with Crippen molar-refractivity contribution in [3.63, 3.8) is 0 Å². The lowest BCUT2D eigenvalue weighted by Crippen LogP contribution is -2.35. The molecule has 1 aliphatic rings. The van der Waals surface area contributed by atoms with Gasteiger partial charge in [-0.05, 0) is 20.3 Å². The fourth-order valence-corrected chi connectivity index (χ4v) is 2.72. The lowest BCUT2D eigenvalue weighted by atomic mass is 9.90. The number of carboxylic acid groups (broad SMARTS) is 1. The maximum atomic E-state index is 12.0. The summed E-state index contributed by atoms with van der Waals surface area (Å²) in [6, 6.07) is 0. The molecule has 1 aliphatic heterocycles. The first kappa shape index (κ1) is 13.0. The molecule has 1 aromatic rings. The van der Waals surface area contributed by atoms with E-state index in [0.29, 0.717) is 19.5 Å². The van der Waals surface area contributed by atoms with Crippen LogP contribution in [0.5, 0.6) is 0 Å². The molecule has 0 unspecified atom stereocenters. The second-order valence-electron chi connectivity index (χ2n) is 4.97. The SMILES string of the molecule is Cc1nc(CC(=O)N2CC[C@@](C)(C(=O)O)C2)cs1. The summed E-state index contributed by atoms with van der Waals surface area (Å²) in [5.74, 6) is -0.868. The van der Waals surface area contributed by atoms with Crippen molar-refractivity contribution in [2.75, 3.05) is 13.1 Å². The molecular formula is C12H16N2O3S. The van der Waals surface area contributed by atoms with Crippen LogP contribution in [-0.4, -0.2) is 40.0 Å². The fourth-order valence-electron chi connectivity index (χ4n) is 2.10. The molecule has 1 amide bonds. The minimum Gasteiger partial charge on any atom is -0.481 e. The second-order valence-corrected chi connectivity index (χ2v) is 6.03. The van der Waals surface area contributed by atoms with Gasteiger partial charge in [0, 0.05) is 18.5 Å². The Hall–Kier alpha value is -1.43. The monoisotopic (exact) mass is 268 g/mol. The molecule has 98 valence electrons. The van der Waals surface area contributed by atoms with Crippen LogP contribution in [0.4, 0.5) is 0 Å². The van der Waals surface area contributed by atoms with E-state index in [1.54, 1.807) is 11.8 Å². The topological polar surface area (TPSA) is 70.5 Å². The first-order valence-corrected chi connectivity index (χ1v) is 6.71. The zero-order valence-electron chi connectivity index (χ0n) is 10.5. The summed E-state index contributed by atoms with van der Waals surface area (Å²) in [5.41, 5.74) is -0.0281. The van der Waals surface area contributed by atoms with Crippen LogP contribution in [0.3, 0.4) is 0 Å². The van der Waals surface area contributed by atoms with Crippen LogP contribution in [0.2, 0.25) is 0 Å². The van der Waals surface area contributed by atoms with Gasteiger partial charge in [0.1, 0.15) is 0 Å². The van der Waals surface area contributed by atoms with Crippen molar-refractivity contribution < 1.29 is 14.7 Å². The maximum Gasteiger partial charge on any atom is 0.311 e. The number of carbonyl (C=O) groups excluding carboxylic acids is 1. The van der Waals surface area contributed by atoms with E-state index in [-0.39, 0.29) is 12.3 Å². The standard InChI is InChI=1S/C12H16N2O3S/c1-8-13-9(6-18-8)5-10(15)14-4-3-12(2,7-14)11(16)17/h6H,3-5,7H2,1-2H3,(H,16,17)/t12-/m1/s1. The molecule has 0 bridgehead atoms. The van der Waals surface area contributed by atoms with E-state index in [0.717, 1.165) is 10.7 Å². The maximum absolute atomic E-state index is 12.0. The van der Waals surface area contributed by atoms with E-state index in [1.807, 2.05) is 12.3 Å². The van der Waals surface area contributed by atoms with Crippen molar-refractivity contribution in [3.05, 3.63) is 16.1 Å². The quantitative estimate of drug-likeness (QED) is 0.897. The normalized spacial score (nSPS) is 23.3. The van der Waals surface area contributed by atoms with Gasteiger partial charge in [-0.1, -0.05) is 0 Å². The van der Waals surface area contributed by atoms with E-state index in [1.165, 1.54) is 11.3 Å². The molecule has 1 saturated heterocycles. The van der Waals surface area contributed by atoms with Crippen LogP contribution in [0.15, 0.2) is 5.38 Å². The van der Waals surface area contributed by atoms with E-state index < -0.39 is 11.4 Å². The highest BCUT2D eigenvalue weighted by Gasteiger charge is 2.41. The van der Waals surface area contributed by atoms with Crippen LogP contribution in [0, 0.1) is 12.3 Å². The molecule has 1 atom stereocenters. The summed E-state index contributed by atoms with van der Waals surface area (Å²) in [6.07, 6.45) is 0.782. The average molecular weight is 268 g/mol. The number of carboxylic acids is 1. The predicted molar refractivity (Wildman–Crippen MR) is 67.5 cm³/mol. The summed E-state index contributed by atoms with van der Waals surface area (Å²) < 4.78 is 0. The fraction of sp³-hybridized carbons (Fsp3) is 0.583. The van der Waals surface area contributed by atoms with E-state index in [9.17, 15) is 9.59 Å². The minimum absolute atomic E-state index is 0.0368. The molecule has 2 heterocycles. The Bertz CT molecular complexity index is 485. The van der Waals surface area contributed by atoms with Crippen molar-refractivity contribution in [1.82, 2.24) is 9.88 Å².